The number of methoxy groups -OCH3 is 1. The zero-order chi connectivity index (χ0) is 12.3. The Balaban J connectivity index is 2.71. The van der Waals surface area contributed by atoms with E-state index < -0.39 is 5.60 Å². The van der Waals surface area contributed by atoms with Crippen LogP contribution in [0.3, 0.4) is 0 Å². The maximum Gasteiger partial charge on any atom is 0.220 e. The number of carbonyl (C=O) groups excluding carboxylic acids is 2. The summed E-state index contributed by atoms with van der Waals surface area (Å²) in [4.78, 5) is 23.0. The Hall–Kier alpha value is -1.42. The van der Waals surface area contributed by atoms with Gasteiger partial charge >= 0.3 is 0 Å². The normalized spacial score (nSPS) is 17.0. The van der Waals surface area contributed by atoms with Crippen molar-refractivity contribution in [1.82, 2.24) is 0 Å². The molecule has 4 heteroatoms. The molecule has 16 heavy (non-hydrogen) atoms. The summed E-state index contributed by atoms with van der Waals surface area (Å²) in [7, 11) is 1.35. The van der Waals surface area contributed by atoms with Gasteiger partial charge in [-0.15, -0.1) is 0 Å². The summed E-state index contributed by atoms with van der Waals surface area (Å²) in [5, 5.41) is 9.54. The highest BCUT2D eigenvalue weighted by Crippen LogP contribution is 2.20. The third-order valence-electron chi connectivity index (χ3n) is 2.35. The molecule has 0 aromatic carbocycles. The van der Waals surface area contributed by atoms with E-state index in [0.29, 0.717) is 18.4 Å². The number of allylic oxidation sites excluding steroid dienone is 3. The summed E-state index contributed by atoms with van der Waals surface area (Å²) >= 11 is 0. The second-order valence-electron chi connectivity index (χ2n) is 4.42. The summed E-state index contributed by atoms with van der Waals surface area (Å²) in [6.45, 7) is 3.33. The zero-order valence-corrected chi connectivity index (χ0v) is 9.74. The summed E-state index contributed by atoms with van der Waals surface area (Å²) in [5.74, 6) is -0.453. The van der Waals surface area contributed by atoms with Crippen molar-refractivity contribution >= 4 is 11.6 Å². The van der Waals surface area contributed by atoms with Crippen molar-refractivity contribution in [2.45, 2.75) is 32.3 Å². The van der Waals surface area contributed by atoms with Gasteiger partial charge in [0.05, 0.1) is 12.7 Å². The Labute approximate surface area is 94.6 Å². The van der Waals surface area contributed by atoms with E-state index in [9.17, 15) is 14.7 Å². The molecule has 1 aliphatic carbocycles. The quantitative estimate of drug-likeness (QED) is 0.727. The molecule has 0 spiro atoms. The number of ketones is 2. The lowest BCUT2D eigenvalue weighted by Gasteiger charge is -2.18. The van der Waals surface area contributed by atoms with E-state index in [0.717, 1.165) is 0 Å². The molecular weight excluding hydrogens is 208 g/mol. The van der Waals surface area contributed by atoms with Gasteiger partial charge in [0, 0.05) is 11.6 Å². The van der Waals surface area contributed by atoms with Gasteiger partial charge in [0.2, 0.25) is 5.78 Å². The molecule has 0 saturated carbocycles. The van der Waals surface area contributed by atoms with Gasteiger partial charge in [-0.05, 0) is 32.8 Å². The Morgan fingerprint density at radius 3 is 2.38 bits per heavy atom. The zero-order valence-electron chi connectivity index (χ0n) is 9.74. The van der Waals surface area contributed by atoms with Gasteiger partial charge < -0.3 is 9.84 Å². The van der Waals surface area contributed by atoms with Crippen LogP contribution in [0.2, 0.25) is 0 Å². The van der Waals surface area contributed by atoms with Crippen LogP contribution in [0, 0.1) is 0 Å². The Morgan fingerprint density at radius 2 is 1.88 bits per heavy atom. The van der Waals surface area contributed by atoms with E-state index >= 15 is 0 Å². The van der Waals surface area contributed by atoms with Crippen LogP contribution in [0.1, 0.15) is 26.7 Å². The summed E-state index contributed by atoms with van der Waals surface area (Å²) in [6, 6.07) is 0. The lowest BCUT2D eigenvalue weighted by molar-refractivity contribution is -0.117. The molecule has 0 fully saturated rings. The van der Waals surface area contributed by atoms with Crippen molar-refractivity contribution < 1.29 is 19.4 Å². The number of rotatable bonds is 4. The topological polar surface area (TPSA) is 63.6 Å². The van der Waals surface area contributed by atoms with Crippen molar-refractivity contribution in [2.24, 2.45) is 0 Å². The highest BCUT2D eigenvalue weighted by atomic mass is 16.5. The Morgan fingerprint density at radius 1 is 1.25 bits per heavy atom. The third kappa shape index (κ3) is 3.31. The molecule has 0 aromatic rings. The highest BCUT2D eigenvalue weighted by Gasteiger charge is 2.22. The fraction of sp³-hybridized carbons (Fsp3) is 0.500. The monoisotopic (exact) mass is 224 g/mol. The van der Waals surface area contributed by atoms with Crippen molar-refractivity contribution in [3.63, 3.8) is 0 Å². The molecule has 0 atom stereocenters. The predicted octanol–water partition coefficient (Wildman–Crippen LogP) is 1.15. The van der Waals surface area contributed by atoms with Crippen LogP contribution < -0.4 is 0 Å². The van der Waals surface area contributed by atoms with Gasteiger partial charge in [-0.1, -0.05) is 0 Å². The van der Waals surface area contributed by atoms with Crippen LogP contribution in [0.25, 0.3) is 0 Å². The fourth-order valence-corrected chi connectivity index (χ4v) is 1.38. The molecule has 0 amide bonds. The number of carbonyl (C=O) groups is 2. The summed E-state index contributed by atoms with van der Waals surface area (Å²) < 4.78 is 4.76. The molecule has 0 unspecified atom stereocenters. The lowest BCUT2D eigenvalue weighted by Crippen LogP contribution is -2.21. The molecule has 0 saturated heterocycles. The molecule has 1 aliphatic rings. The standard InChI is InChI=1S/C12H16O4/c1-12(2,15)5-4-8-6-10(14)11(16-3)7-9(8)13/h6-7,15H,4-5H2,1-3H3. The predicted molar refractivity (Wildman–Crippen MR) is 58.7 cm³/mol. The van der Waals surface area contributed by atoms with Gasteiger partial charge in [-0.3, -0.25) is 9.59 Å². The van der Waals surface area contributed by atoms with Gasteiger partial charge in [-0.25, -0.2) is 0 Å². The number of ether oxygens (including phenoxy) is 1. The van der Waals surface area contributed by atoms with Gasteiger partial charge in [0.1, 0.15) is 0 Å². The van der Waals surface area contributed by atoms with Crippen molar-refractivity contribution in [1.29, 1.82) is 0 Å². The second kappa shape index (κ2) is 4.61. The molecule has 88 valence electrons. The SMILES string of the molecule is COC1=CC(=O)C(CCC(C)(C)O)=CC1=O. The minimum absolute atomic E-state index is 0.0667. The van der Waals surface area contributed by atoms with Crippen molar-refractivity contribution in [3.8, 4) is 0 Å². The van der Waals surface area contributed by atoms with E-state index in [1.165, 1.54) is 19.3 Å². The van der Waals surface area contributed by atoms with Crippen LogP contribution in [0.4, 0.5) is 0 Å². The maximum atomic E-state index is 11.6. The minimum Gasteiger partial charge on any atom is -0.493 e. The van der Waals surface area contributed by atoms with Crippen LogP contribution in [-0.2, 0) is 14.3 Å². The molecule has 1 rings (SSSR count). The van der Waals surface area contributed by atoms with Crippen molar-refractivity contribution in [3.05, 3.63) is 23.5 Å². The Bertz CT molecular complexity index is 369. The molecule has 0 bridgehead atoms. The van der Waals surface area contributed by atoms with Crippen LogP contribution in [-0.4, -0.2) is 29.4 Å². The number of hydrogen-bond donors (Lipinski definition) is 1. The maximum absolute atomic E-state index is 11.6. The van der Waals surface area contributed by atoms with E-state index in [2.05, 4.69) is 0 Å². The third-order valence-corrected chi connectivity index (χ3v) is 2.35. The summed E-state index contributed by atoms with van der Waals surface area (Å²) in [5.41, 5.74) is -0.414. The second-order valence-corrected chi connectivity index (χ2v) is 4.42. The molecule has 0 aliphatic heterocycles. The van der Waals surface area contributed by atoms with E-state index in [1.807, 2.05) is 0 Å². The van der Waals surface area contributed by atoms with Gasteiger partial charge in [-0.2, -0.15) is 0 Å². The first-order chi connectivity index (χ1) is 7.33. The lowest BCUT2D eigenvalue weighted by atomic mass is 9.93. The first kappa shape index (κ1) is 12.6. The number of hydrogen-bond acceptors (Lipinski definition) is 4. The van der Waals surface area contributed by atoms with Crippen LogP contribution in [0.15, 0.2) is 23.5 Å². The first-order valence-electron chi connectivity index (χ1n) is 5.11. The van der Waals surface area contributed by atoms with Crippen LogP contribution in [0.5, 0.6) is 0 Å². The van der Waals surface area contributed by atoms with Gasteiger partial charge in [0.25, 0.3) is 0 Å². The largest absolute Gasteiger partial charge is 0.493 e. The van der Waals surface area contributed by atoms with E-state index in [1.54, 1.807) is 13.8 Å². The average molecular weight is 224 g/mol. The van der Waals surface area contributed by atoms with Gasteiger partial charge in [0.15, 0.2) is 11.5 Å². The van der Waals surface area contributed by atoms with Crippen molar-refractivity contribution in [2.75, 3.05) is 7.11 Å². The fourth-order valence-electron chi connectivity index (χ4n) is 1.38. The Kier molecular flexibility index (Phi) is 3.65. The van der Waals surface area contributed by atoms with E-state index in [-0.39, 0.29) is 17.3 Å². The first-order valence-corrected chi connectivity index (χ1v) is 5.11. The summed E-state index contributed by atoms with van der Waals surface area (Å²) in [6.07, 6.45) is 3.31. The van der Waals surface area contributed by atoms with Crippen LogP contribution >= 0.6 is 0 Å². The molecular formula is C12H16O4. The average Bonchev–Trinajstić information content (AvgIpc) is 2.17. The molecule has 0 heterocycles. The smallest absolute Gasteiger partial charge is 0.220 e. The molecule has 0 aromatic heterocycles. The highest BCUT2D eigenvalue weighted by molar-refractivity contribution is 6.19. The van der Waals surface area contributed by atoms with E-state index in [4.69, 9.17) is 4.74 Å². The minimum atomic E-state index is -0.838. The molecule has 4 nitrogen and oxygen atoms in total. The number of aliphatic hydroxyl groups is 1. The molecule has 0 radical (unpaired) electrons. The molecule has 1 N–H and O–H groups in total.